The van der Waals surface area contributed by atoms with Crippen molar-refractivity contribution in [2.45, 2.75) is 13.5 Å². The van der Waals surface area contributed by atoms with Crippen LogP contribution in [-0.2, 0) is 11.3 Å². The Balaban J connectivity index is 1.75. The predicted octanol–water partition coefficient (Wildman–Crippen LogP) is 3.74. The maximum Gasteiger partial charge on any atom is 0.374 e. The lowest BCUT2D eigenvalue weighted by Crippen LogP contribution is -2.03. The molecule has 20 heavy (non-hydrogen) atoms. The first-order valence-corrected chi connectivity index (χ1v) is 6.28. The van der Waals surface area contributed by atoms with E-state index < -0.39 is 5.97 Å². The molecule has 0 aliphatic rings. The zero-order valence-corrected chi connectivity index (χ0v) is 11.3. The van der Waals surface area contributed by atoms with E-state index in [9.17, 15) is 4.79 Å². The number of ether oxygens (including phenoxy) is 1. The SMILES string of the molecule is Cc1cc(COC(=O)c2cc3cc(Cl)ccc3o2)no1. The smallest absolute Gasteiger partial charge is 0.374 e. The van der Waals surface area contributed by atoms with Crippen molar-refractivity contribution in [3.8, 4) is 0 Å². The molecular formula is C14H10ClNO4. The number of hydrogen-bond acceptors (Lipinski definition) is 5. The summed E-state index contributed by atoms with van der Waals surface area (Å²) in [4.78, 5) is 11.9. The molecule has 0 atom stereocenters. The van der Waals surface area contributed by atoms with Crippen molar-refractivity contribution in [3.05, 3.63) is 52.6 Å². The zero-order chi connectivity index (χ0) is 14.1. The third-order valence-corrected chi connectivity index (χ3v) is 2.94. The summed E-state index contributed by atoms with van der Waals surface area (Å²) in [7, 11) is 0. The molecule has 0 saturated carbocycles. The summed E-state index contributed by atoms with van der Waals surface area (Å²) in [5, 5.41) is 5.07. The average Bonchev–Trinajstić information content (AvgIpc) is 3.01. The molecule has 3 rings (SSSR count). The number of furan rings is 1. The van der Waals surface area contributed by atoms with Crippen LogP contribution in [0, 0.1) is 6.92 Å². The van der Waals surface area contributed by atoms with E-state index in [1.807, 2.05) is 0 Å². The molecule has 0 aliphatic carbocycles. The van der Waals surface area contributed by atoms with Gasteiger partial charge < -0.3 is 13.7 Å². The number of carbonyl (C=O) groups is 1. The van der Waals surface area contributed by atoms with E-state index in [1.54, 1.807) is 37.3 Å². The molecule has 0 radical (unpaired) electrons. The van der Waals surface area contributed by atoms with Crippen molar-refractivity contribution in [1.82, 2.24) is 5.16 Å². The molecule has 0 amide bonds. The lowest BCUT2D eigenvalue weighted by molar-refractivity contribution is 0.0430. The van der Waals surface area contributed by atoms with Crippen LogP contribution in [0.25, 0.3) is 11.0 Å². The third-order valence-electron chi connectivity index (χ3n) is 2.71. The highest BCUT2D eigenvalue weighted by Gasteiger charge is 2.15. The minimum absolute atomic E-state index is 0.0357. The summed E-state index contributed by atoms with van der Waals surface area (Å²) in [5.74, 6) is 0.231. The normalized spacial score (nSPS) is 10.9. The molecule has 0 fully saturated rings. The van der Waals surface area contributed by atoms with Gasteiger partial charge in [-0.25, -0.2) is 4.79 Å². The molecule has 0 N–H and O–H groups in total. The number of carbonyl (C=O) groups excluding carboxylic acids is 1. The third kappa shape index (κ3) is 2.53. The van der Waals surface area contributed by atoms with E-state index in [0.29, 0.717) is 22.1 Å². The van der Waals surface area contributed by atoms with Gasteiger partial charge in [0.25, 0.3) is 0 Å². The standard InChI is InChI=1S/C14H10ClNO4/c1-8-4-11(16-20-8)7-18-14(17)13-6-9-5-10(15)2-3-12(9)19-13/h2-6H,7H2,1H3. The van der Waals surface area contributed by atoms with Crippen molar-refractivity contribution < 1.29 is 18.5 Å². The molecule has 6 heteroatoms. The number of rotatable bonds is 3. The number of halogens is 1. The van der Waals surface area contributed by atoms with Gasteiger partial charge in [-0.3, -0.25) is 0 Å². The fourth-order valence-electron chi connectivity index (χ4n) is 1.81. The summed E-state index contributed by atoms with van der Waals surface area (Å²) in [6, 6.07) is 8.41. The van der Waals surface area contributed by atoms with Gasteiger partial charge in [-0.15, -0.1) is 0 Å². The van der Waals surface area contributed by atoms with Crippen molar-refractivity contribution in [2.75, 3.05) is 0 Å². The Labute approximate surface area is 119 Å². The Bertz CT molecular complexity index is 774. The highest BCUT2D eigenvalue weighted by atomic mass is 35.5. The van der Waals surface area contributed by atoms with Gasteiger partial charge in [-0.2, -0.15) is 0 Å². The van der Waals surface area contributed by atoms with E-state index >= 15 is 0 Å². The van der Waals surface area contributed by atoms with Gasteiger partial charge in [0, 0.05) is 16.5 Å². The second-order valence-electron chi connectivity index (χ2n) is 4.30. The largest absolute Gasteiger partial charge is 0.453 e. The number of hydrogen-bond donors (Lipinski definition) is 0. The number of fused-ring (bicyclic) bond motifs is 1. The second kappa shape index (κ2) is 5.02. The first kappa shape index (κ1) is 12.7. The van der Waals surface area contributed by atoms with Crippen molar-refractivity contribution in [1.29, 1.82) is 0 Å². The number of aryl methyl sites for hydroxylation is 1. The number of aromatic nitrogens is 1. The van der Waals surface area contributed by atoms with Crippen molar-refractivity contribution in [2.24, 2.45) is 0 Å². The molecule has 5 nitrogen and oxygen atoms in total. The highest BCUT2D eigenvalue weighted by molar-refractivity contribution is 6.31. The zero-order valence-electron chi connectivity index (χ0n) is 10.6. The van der Waals surface area contributed by atoms with E-state index in [-0.39, 0.29) is 12.4 Å². The number of benzene rings is 1. The monoisotopic (exact) mass is 291 g/mol. The van der Waals surface area contributed by atoms with Gasteiger partial charge in [0.2, 0.25) is 5.76 Å². The highest BCUT2D eigenvalue weighted by Crippen LogP contribution is 2.23. The van der Waals surface area contributed by atoms with Crippen LogP contribution in [0.3, 0.4) is 0 Å². The summed E-state index contributed by atoms with van der Waals surface area (Å²) < 4.78 is 15.4. The second-order valence-corrected chi connectivity index (χ2v) is 4.73. The van der Waals surface area contributed by atoms with Gasteiger partial charge in [-0.05, 0) is 31.2 Å². The molecule has 0 bridgehead atoms. The van der Waals surface area contributed by atoms with Crippen molar-refractivity contribution >= 4 is 28.5 Å². The lowest BCUT2D eigenvalue weighted by Gasteiger charge is -1.98. The van der Waals surface area contributed by atoms with Gasteiger partial charge >= 0.3 is 5.97 Å². The first-order chi connectivity index (χ1) is 9.61. The van der Waals surface area contributed by atoms with Crippen LogP contribution in [0.5, 0.6) is 0 Å². The van der Waals surface area contributed by atoms with Gasteiger partial charge in [0.05, 0.1) is 0 Å². The Morgan fingerprint density at radius 3 is 2.95 bits per heavy atom. The molecule has 1 aromatic carbocycles. The van der Waals surface area contributed by atoms with E-state index in [1.165, 1.54) is 0 Å². The molecular weight excluding hydrogens is 282 g/mol. The van der Waals surface area contributed by atoms with Crippen LogP contribution in [-0.4, -0.2) is 11.1 Å². The van der Waals surface area contributed by atoms with E-state index in [0.717, 1.165) is 5.39 Å². The molecule has 2 heterocycles. The predicted molar refractivity (Wildman–Crippen MR) is 71.6 cm³/mol. The molecule has 0 saturated heterocycles. The molecule has 0 aliphatic heterocycles. The Morgan fingerprint density at radius 1 is 1.35 bits per heavy atom. The summed E-state index contributed by atoms with van der Waals surface area (Å²) in [5.41, 5.74) is 1.13. The van der Waals surface area contributed by atoms with Crippen LogP contribution in [0.1, 0.15) is 22.0 Å². The summed E-state index contributed by atoms with van der Waals surface area (Å²) >= 11 is 5.87. The Hall–Kier alpha value is -2.27. The summed E-state index contributed by atoms with van der Waals surface area (Å²) in [6.07, 6.45) is 0. The van der Waals surface area contributed by atoms with Crippen LogP contribution < -0.4 is 0 Å². The van der Waals surface area contributed by atoms with E-state index in [4.69, 9.17) is 25.3 Å². The first-order valence-electron chi connectivity index (χ1n) is 5.90. The van der Waals surface area contributed by atoms with Crippen molar-refractivity contribution in [3.63, 3.8) is 0 Å². The van der Waals surface area contributed by atoms with Gasteiger partial charge in [-0.1, -0.05) is 16.8 Å². The molecule has 3 aromatic rings. The Morgan fingerprint density at radius 2 is 2.20 bits per heavy atom. The van der Waals surface area contributed by atoms with Crippen LogP contribution in [0.2, 0.25) is 5.02 Å². The molecule has 0 spiro atoms. The summed E-state index contributed by atoms with van der Waals surface area (Å²) in [6.45, 7) is 1.80. The van der Waals surface area contributed by atoms with Gasteiger partial charge in [0.1, 0.15) is 23.6 Å². The fourth-order valence-corrected chi connectivity index (χ4v) is 1.99. The Kier molecular flexibility index (Phi) is 3.20. The van der Waals surface area contributed by atoms with Crippen LogP contribution in [0.4, 0.5) is 0 Å². The molecule has 0 unspecified atom stereocenters. The minimum Gasteiger partial charge on any atom is -0.453 e. The van der Waals surface area contributed by atoms with E-state index in [2.05, 4.69) is 5.16 Å². The maximum absolute atomic E-state index is 11.9. The van der Waals surface area contributed by atoms with Gasteiger partial charge in [0.15, 0.2) is 0 Å². The molecule has 102 valence electrons. The fraction of sp³-hybridized carbons (Fsp3) is 0.143. The topological polar surface area (TPSA) is 65.5 Å². The van der Waals surface area contributed by atoms with Crippen LogP contribution in [0.15, 0.2) is 39.3 Å². The lowest BCUT2D eigenvalue weighted by atomic mass is 10.2. The van der Waals surface area contributed by atoms with Crippen LogP contribution >= 0.6 is 11.6 Å². The number of esters is 1. The number of nitrogens with zero attached hydrogens (tertiary/aromatic N) is 1. The average molecular weight is 292 g/mol. The molecule has 2 aromatic heterocycles. The quantitative estimate of drug-likeness (QED) is 0.688. The minimum atomic E-state index is -0.557. The maximum atomic E-state index is 11.9.